The first kappa shape index (κ1) is 10.4. The quantitative estimate of drug-likeness (QED) is 0.820. The molecule has 3 N–H and O–H groups in total. The van der Waals surface area contributed by atoms with Gasteiger partial charge < -0.3 is 11.1 Å². The van der Waals surface area contributed by atoms with Gasteiger partial charge in [0.1, 0.15) is 11.6 Å². The largest absolute Gasteiger partial charge is 0.394 e. The van der Waals surface area contributed by atoms with E-state index < -0.39 is 11.6 Å². The first-order valence-corrected chi connectivity index (χ1v) is 4.57. The Balaban J connectivity index is 2.33. The molecule has 0 unspecified atom stereocenters. The molecule has 6 heteroatoms. The van der Waals surface area contributed by atoms with E-state index in [0.29, 0.717) is 11.5 Å². The lowest BCUT2D eigenvalue weighted by Gasteiger charge is -2.05. The van der Waals surface area contributed by atoms with Crippen molar-refractivity contribution in [1.82, 2.24) is 9.78 Å². The predicted octanol–water partition coefficient (Wildman–Crippen LogP) is 2.02. The number of halogens is 2. The maximum absolute atomic E-state index is 13.3. The molecular formula is C10H10F2N4. The van der Waals surface area contributed by atoms with Crippen molar-refractivity contribution in [1.29, 1.82) is 0 Å². The summed E-state index contributed by atoms with van der Waals surface area (Å²) in [6, 6.07) is 3.13. The summed E-state index contributed by atoms with van der Waals surface area (Å²) in [6.45, 7) is 0. The van der Waals surface area contributed by atoms with Crippen molar-refractivity contribution in [2.45, 2.75) is 0 Å². The molecule has 0 aliphatic carbocycles. The number of rotatable bonds is 2. The minimum Gasteiger partial charge on any atom is -0.394 e. The molecule has 2 aromatic rings. The molecule has 0 aliphatic heterocycles. The van der Waals surface area contributed by atoms with E-state index in [-0.39, 0.29) is 5.69 Å². The van der Waals surface area contributed by atoms with Crippen LogP contribution in [0.3, 0.4) is 0 Å². The molecule has 2 rings (SSSR count). The summed E-state index contributed by atoms with van der Waals surface area (Å²) in [6.07, 6.45) is 1.57. The Labute approximate surface area is 90.7 Å². The Hall–Kier alpha value is -2.11. The average Bonchev–Trinajstić information content (AvgIpc) is 2.51. The molecule has 0 bridgehead atoms. The Morgan fingerprint density at radius 2 is 2.12 bits per heavy atom. The van der Waals surface area contributed by atoms with E-state index in [1.807, 2.05) is 0 Å². The van der Waals surface area contributed by atoms with Crippen LogP contribution in [0.5, 0.6) is 0 Å². The summed E-state index contributed by atoms with van der Waals surface area (Å²) >= 11 is 0. The number of anilines is 3. The van der Waals surface area contributed by atoms with Gasteiger partial charge in [0.25, 0.3) is 0 Å². The molecule has 0 fully saturated rings. The zero-order valence-electron chi connectivity index (χ0n) is 8.54. The SMILES string of the molecule is Cn1cc(N)c(Nc2cc(F)ccc2F)n1. The highest BCUT2D eigenvalue weighted by Gasteiger charge is 2.08. The van der Waals surface area contributed by atoms with Crippen LogP contribution in [0.25, 0.3) is 0 Å². The summed E-state index contributed by atoms with van der Waals surface area (Å²) in [7, 11) is 1.68. The number of nitrogens with zero attached hydrogens (tertiary/aromatic N) is 2. The second kappa shape index (κ2) is 3.80. The Morgan fingerprint density at radius 1 is 1.38 bits per heavy atom. The number of hydrogen-bond acceptors (Lipinski definition) is 3. The lowest BCUT2D eigenvalue weighted by molar-refractivity contribution is 0.603. The molecule has 4 nitrogen and oxygen atoms in total. The molecule has 0 saturated heterocycles. The van der Waals surface area contributed by atoms with Crippen LogP contribution in [-0.2, 0) is 7.05 Å². The van der Waals surface area contributed by atoms with Gasteiger partial charge in [-0.3, -0.25) is 4.68 Å². The maximum Gasteiger partial charge on any atom is 0.175 e. The minimum absolute atomic E-state index is 0.00500. The van der Waals surface area contributed by atoms with Crippen LogP contribution in [0.15, 0.2) is 24.4 Å². The summed E-state index contributed by atoms with van der Waals surface area (Å²) in [5.74, 6) is -0.795. The number of benzene rings is 1. The second-order valence-electron chi connectivity index (χ2n) is 3.36. The van der Waals surface area contributed by atoms with E-state index >= 15 is 0 Å². The standard InChI is InChI=1S/C10H10F2N4/c1-16-5-8(13)10(15-16)14-9-4-6(11)2-3-7(9)12/h2-5H,13H2,1H3,(H,14,15). The highest BCUT2D eigenvalue weighted by atomic mass is 19.1. The van der Waals surface area contributed by atoms with Gasteiger partial charge in [-0.2, -0.15) is 5.10 Å². The number of nitrogens with two attached hydrogens (primary N) is 1. The Kier molecular flexibility index (Phi) is 2.47. The van der Waals surface area contributed by atoms with Gasteiger partial charge in [0.15, 0.2) is 5.82 Å². The van der Waals surface area contributed by atoms with Gasteiger partial charge in [0, 0.05) is 19.3 Å². The molecule has 84 valence electrons. The van der Waals surface area contributed by atoms with E-state index in [2.05, 4.69) is 10.4 Å². The van der Waals surface area contributed by atoms with E-state index in [9.17, 15) is 8.78 Å². The van der Waals surface area contributed by atoms with Crippen LogP contribution in [0.2, 0.25) is 0 Å². The van der Waals surface area contributed by atoms with Gasteiger partial charge in [0.05, 0.1) is 11.4 Å². The molecule has 1 heterocycles. The van der Waals surface area contributed by atoms with Crippen molar-refractivity contribution in [3.05, 3.63) is 36.0 Å². The van der Waals surface area contributed by atoms with Gasteiger partial charge in [0.2, 0.25) is 0 Å². The average molecular weight is 224 g/mol. The van der Waals surface area contributed by atoms with Crippen molar-refractivity contribution in [3.63, 3.8) is 0 Å². The lowest BCUT2D eigenvalue weighted by Crippen LogP contribution is -1.98. The maximum atomic E-state index is 13.3. The number of nitrogens with one attached hydrogen (secondary N) is 1. The van der Waals surface area contributed by atoms with Crippen molar-refractivity contribution >= 4 is 17.2 Å². The van der Waals surface area contributed by atoms with Crippen LogP contribution in [0, 0.1) is 11.6 Å². The lowest BCUT2D eigenvalue weighted by atomic mass is 10.3. The van der Waals surface area contributed by atoms with Crippen molar-refractivity contribution in [3.8, 4) is 0 Å². The smallest absolute Gasteiger partial charge is 0.175 e. The highest BCUT2D eigenvalue weighted by molar-refractivity contribution is 5.68. The molecule has 0 radical (unpaired) electrons. The summed E-state index contributed by atoms with van der Waals surface area (Å²) in [5.41, 5.74) is 5.99. The van der Waals surface area contributed by atoms with Crippen molar-refractivity contribution in [2.75, 3.05) is 11.1 Å². The summed E-state index contributed by atoms with van der Waals surface area (Å²) < 4.78 is 27.7. The summed E-state index contributed by atoms with van der Waals surface area (Å²) in [4.78, 5) is 0. The normalized spacial score (nSPS) is 10.4. The molecule has 0 saturated carbocycles. The third-order valence-electron chi connectivity index (χ3n) is 2.04. The molecule has 1 aromatic carbocycles. The first-order valence-electron chi connectivity index (χ1n) is 4.57. The predicted molar refractivity (Wildman–Crippen MR) is 57.3 cm³/mol. The second-order valence-corrected chi connectivity index (χ2v) is 3.36. The summed E-state index contributed by atoms with van der Waals surface area (Å²) in [5, 5.41) is 6.60. The van der Waals surface area contributed by atoms with Gasteiger partial charge in [-0.15, -0.1) is 0 Å². The Bertz CT molecular complexity index is 522. The van der Waals surface area contributed by atoms with Crippen molar-refractivity contribution < 1.29 is 8.78 Å². The van der Waals surface area contributed by atoms with E-state index in [1.54, 1.807) is 13.2 Å². The molecule has 0 spiro atoms. The van der Waals surface area contributed by atoms with Crippen molar-refractivity contribution in [2.24, 2.45) is 7.05 Å². The van der Waals surface area contributed by atoms with Crippen LogP contribution < -0.4 is 11.1 Å². The molecule has 0 amide bonds. The van der Waals surface area contributed by atoms with Crippen LogP contribution in [-0.4, -0.2) is 9.78 Å². The number of hydrogen-bond donors (Lipinski definition) is 2. The number of aromatic nitrogens is 2. The monoisotopic (exact) mass is 224 g/mol. The van der Waals surface area contributed by atoms with Gasteiger partial charge in [-0.1, -0.05) is 0 Å². The zero-order chi connectivity index (χ0) is 11.7. The topological polar surface area (TPSA) is 55.9 Å². The van der Waals surface area contributed by atoms with Gasteiger partial charge >= 0.3 is 0 Å². The first-order chi connectivity index (χ1) is 7.56. The number of aryl methyl sites for hydroxylation is 1. The van der Waals surface area contributed by atoms with Crippen LogP contribution >= 0.6 is 0 Å². The fraction of sp³-hybridized carbons (Fsp3) is 0.100. The van der Waals surface area contributed by atoms with Crippen LogP contribution in [0.1, 0.15) is 0 Å². The van der Waals surface area contributed by atoms with E-state index in [0.717, 1.165) is 18.2 Å². The Morgan fingerprint density at radius 3 is 2.75 bits per heavy atom. The van der Waals surface area contributed by atoms with Gasteiger partial charge in [-0.05, 0) is 12.1 Å². The fourth-order valence-electron chi connectivity index (χ4n) is 1.32. The zero-order valence-corrected chi connectivity index (χ0v) is 8.54. The molecular weight excluding hydrogens is 214 g/mol. The fourth-order valence-corrected chi connectivity index (χ4v) is 1.32. The third kappa shape index (κ3) is 1.95. The molecule has 1 aromatic heterocycles. The van der Waals surface area contributed by atoms with E-state index in [1.165, 1.54) is 4.68 Å². The number of nitrogen functional groups attached to an aromatic ring is 1. The van der Waals surface area contributed by atoms with Gasteiger partial charge in [-0.25, -0.2) is 8.78 Å². The molecule has 0 aliphatic rings. The van der Waals surface area contributed by atoms with Crippen LogP contribution in [0.4, 0.5) is 26.0 Å². The van der Waals surface area contributed by atoms with E-state index in [4.69, 9.17) is 5.73 Å². The highest BCUT2D eigenvalue weighted by Crippen LogP contribution is 2.23. The molecule has 16 heavy (non-hydrogen) atoms. The minimum atomic E-state index is -0.563. The third-order valence-corrected chi connectivity index (χ3v) is 2.04. The molecule has 0 atom stereocenters.